The first kappa shape index (κ1) is 15.5. The summed E-state index contributed by atoms with van der Waals surface area (Å²) < 4.78 is 45.5. The molecule has 0 bridgehead atoms. The molecule has 2 aromatic rings. The van der Waals surface area contributed by atoms with Gasteiger partial charge in [-0.3, -0.25) is 5.32 Å². The van der Waals surface area contributed by atoms with Gasteiger partial charge in [0.25, 0.3) is 0 Å². The van der Waals surface area contributed by atoms with Gasteiger partial charge >= 0.3 is 6.18 Å². The van der Waals surface area contributed by atoms with Crippen LogP contribution in [0.4, 0.5) is 13.2 Å². The Morgan fingerprint density at radius 3 is 2.75 bits per heavy atom. The van der Waals surface area contributed by atoms with E-state index in [0.717, 1.165) is 24.1 Å². The highest BCUT2D eigenvalue weighted by Gasteiger charge is 2.60. The second-order valence-corrected chi connectivity index (χ2v) is 6.25. The van der Waals surface area contributed by atoms with Crippen LogP contribution in [0.3, 0.4) is 0 Å². The molecule has 8 nitrogen and oxygen atoms in total. The summed E-state index contributed by atoms with van der Waals surface area (Å²) in [4.78, 5) is 5.32. The highest BCUT2D eigenvalue weighted by atomic mass is 19.4. The van der Waals surface area contributed by atoms with Crippen LogP contribution < -0.4 is 5.32 Å². The van der Waals surface area contributed by atoms with Gasteiger partial charge in [-0.2, -0.15) is 23.0 Å². The number of alkyl halides is 3. The lowest BCUT2D eigenvalue weighted by Crippen LogP contribution is -2.50. The third-order valence-corrected chi connectivity index (χ3v) is 4.69. The molecule has 0 spiro atoms. The summed E-state index contributed by atoms with van der Waals surface area (Å²) in [6.07, 6.45) is -0.996. The van der Waals surface area contributed by atoms with Gasteiger partial charge in [-0.1, -0.05) is 11.6 Å². The molecular formula is C13H16F3N7O. The summed E-state index contributed by atoms with van der Waals surface area (Å²) >= 11 is 0. The quantitative estimate of drug-likeness (QED) is 0.899. The summed E-state index contributed by atoms with van der Waals surface area (Å²) in [6.45, 7) is 0.292. The molecule has 0 amide bonds. The van der Waals surface area contributed by atoms with Gasteiger partial charge in [0.2, 0.25) is 11.7 Å². The Bertz CT molecular complexity index is 715. The van der Waals surface area contributed by atoms with E-state index in [0.29, 0.717) is 24.1 Å². The second-order valence-electron chi connectivity index (χ2n) is 6.25. The van der Waals surface area contributed by atoms with E-state index < -0.39 is 11.7 Å². The van der Waals surface area contributed by atoms with Crippen LogP contribution in [0.15, 0.2) is 4.52 Å². The number of rotatable bonds is 4. The standard InChI is InChI=1S/C13H16F3N7O/c14-13(15,16)12(5-2-6-17-12)11-19-22-23(20-11)7-9-18-10(24-21-9)8-3-1-4-8/h8,17H,1-7H2. The fraction of sp³-hybridized carbons (Fsp3) is 0.769. The molecule has 1 unspecified atom stereocenters. The third kappa shape index (κ3) is 2.46. The van der Waals surface area contributed by atoms with Crippen molar-refractivity contribution in [2.24, 2.45) is 0 Å². The summed E-state index contributed by atoms with van der Waals surface area (Å²) in [7, 11) is 0. The Hall–Kier alpha value is -2.04. The number of nitrogens with zero attached hydrogens (tertiary/aromatic N) is 6. The molecule has 2 aliphatic rings. The molecule has 4 rings (SSSR count). The van der Waals surface area contributed by atoms with E-state index in [4.69, 9.17) is 4.52 Å². The van der Waals surface area contributed by atoms with E-state index in [1.165, 1.54) is 0 Å². The highest BCUT2D eigenvalue weighted by Crippen LogP contribution is 2.43. The van der Waals surface area contributed by atoms with Crippen LogP contribution in [0.25, 0.3) is 0 Å². The van der Waals surface area contributed by atoms with Crippen LogP contribution in [0, 0.1) is 0 Å². The van der Waals surface area contributed by atoms with Gasteiger partial charge in [-0.05, 0) is 37.4 Å². The zero-order chi connectivity index (χ0) is 16.8. The van der Waals surface area contributed by atoms with E-state index >= 15 is 0 Å². The van der Waals surface area contributed by atoms with Crippen molar-refractivity contribution >= 4 is 0 Å². The highest BCUT2D eigenvalue weighted by molar-refractivity contribution is 5.11. The number of aromatic nitrogens is 6. The molecule has 1 atom stereocenters. The lowest BCUT2D eigenvalue weighted by atomic mass is 9.85. The molecule has 2 aromatic heterocycles. The Morgan fingerprint density at radius 2 is 2.12 bits per heavy atom. The fourth-order valence-corrected chi connectivity index (χ4v) is 3.06. The van der Waals surface area contributed by atoms with Crippen LogP contribution in [-0.2, 0) is 12.1 Å². The maximum Gasteiger partial charge on any atom is 0.414 e. The smallest absolute Gasteiger partial charge is 0.339 e. The van der Waals surface area contributed by atoms with Gasteiger partial charge in [0, 0.05) is 5.92 Å². The lowest BCUT2D eigenvalue weighted by Gasteiger charge is -2.28. The van der Waals surface area contributed by atoms with E-state index in [9.17, 15) is 13.2 Å². The molecule has 2 fully saturated rings. The fourth-order valence-electron chi connectivity index (χ4n) is 3.06. The molecule has 1 saturated carbocycles. The molecule has 24 heavy (non-hydrogen) atoms. The zero-order valence-electron chi connectivity index (χ0n) is 12.8. The van der Waals surface area contributed by atoms with Crippen LogP contribution in [0.1, 0.15) is 55.6 Å². The number of hydrogen-bond acceptors (Lipinski definition) is 7. The molecular weight excluding hydrogens is 327 g/mol. The van der Waals surface area contributed by atoms with E-state index in [-0.39, 0.29) is 25.3 Å². The third-order valence-electron chi connectivity index (χ3n) is 4.69. The zero-order valence-corrected chi connectivity index (χ0v) is 12.8. The van der Waals surface area contributed by atoms with Crippen LogP contribution >= 0.6 is 0 Å². The van der Waals surface area contributed by atoms with Crippen LogP contribution in [0.2, 0.25) is 0 Å². The predicted octanol–water partition coefficient (Wildman–Crippen LogP) is 1.51. The minimum absolute atomic E-state index is 0.0250. The maximum atomic E-state index is 13.5. The molecule has 1 saturated heterocycles. The monoisotopic (exact) mass is 343 g/mol. The van der Waals surface area contributed by atoms with Crippen molar-refractivity contribution in [3.63, 3.8) is 0 Å². The molecule has 1 aliphatic carbocycles. The van der Waals surface area contributed by atoms with E-state index in [2.05, 4.69) is 30.9 Å². The van der Waals surface area contributed by atoms with Gasteiger partial charge in [0.1, 0.15) is 6.54 Å². The Labute approximate surface area is 134 Å². The van der Waals surface area contributed by atoms with Crippen molar-refractivity contribution in [2.45, 2.75) is 56.3 Å². The van der Waals surface area contributed by atoms with E-state index in [1.807, 2.05) is 0 Å². The summed E-state index contributed by atoms with van der Waals surface area (Å²) in [5.41, 5.74) is -2.22. The summed E-state index contributed by atoms with van der Waals surface area (Å²) in [6, 6.07) is 0. The van der Waals surface area contributed by atoms with Gasteiger partial charge in [0.15, 0.2) is 11.4 Å². The normalized spacial score (nSPS) is 25.1. The average molecular weight is 343 g/mol. The molecule has 3 heterocycles. The Kier molecular flexibility index (Phi) is 3.55. The second kappa shape index (κ2) is 5.50. The van der Waals surface area contributed by atoms with Crippen molar-refractivity contribution in [3.05, 3.63) is 17.5 Å². The maximum absolute atomic E-state index is 13.5. The van der Waals surface area contributed by atoms with Crippen molar-refractivity contribution in [3.8, 4) is 0 Å². The number of nitrogens with one attached hydrogen (secondary N) is 1. The minimum Gasteiger partial charge on any atom is -0.339 e. The van der Waals surface area contributed by atoms with Crippen molar-refractivity contribution in [2.75, 3.05) is 6.54 Å². The van der Waals surface area contributed by atoms with Crippen molar-refractivity contribution in [1.29, 1.82) is 0 Å². The molecule has 1 aliphatic heterocycles. The predicted molar refractivity (Wildman–Crippen MR) is 72.8 cm³/mol. The lowest BCUT2D eigenvalue weighted by molar-refractivity contribution is -0.198. The SMILES string of the molecule is FC(F)(F)C1(c2nnn(Cc3noc(C4CCC4)n3)n2)CCCN1. The Morgan fingerprint density at radius 1 is 1.29 bits per heavy atom. The number of halogens is 3. The van der Waals surface area contributed by atoms with Crippen LogP contribution in [-0.4, -0.2) is 43.1 Å². The summed E-state index contributed by atoms with van der Waals surface area (Å²) in [5.74, 6) is 0.832. The summed E-state index contributed by atoms with van der Waals surface area (Å²) in [5, 5.41) is 17.6. The molecule has 1 N–H and O–H groups in total. The van der Waals surface area contributed by atoms with Gasteiger partial charge in [-0.15, -0.1) is 10.2 Å². The van der Waals surface area contributed by atoms with Gasteiger partial charge in [-0.25, -0.2) is 0 Å². The van der Waals surface area contributed by atoms with Crippen molar-refractivity contribution < 1.29 is 17.7 Å². The number of tetrazole rings is 1. The molecule has 0 aromatic carbocycles. The largest absolute Gasteiger partial charge is 0.414 e. The van der Waals surface area contributed by atoms with Crippen LogP contribution in [0.5, 0.6) is 0 Å². The molecule has 11 heteroatoms. The van der Waals surface area contributed by atoms with Gasteiger partial charge in [0.05, 0.1) is 0 Å². The van der Waals surface area contributed by atoms with Crippen molar-refractivity contribution in [1.82, 2.24) is 35.7 Å². The average Bonchev–Trinajstić information content (AvgIpc) is 3.16. The molecule has 130 valence electrons. The first-order valence-corrected chi connectivity index (χ1v) is 7.90. The molecule has 0 radical (unpaired) electrons. The minimum atomic E-state index is -4.49. The first-order chi connectivity index (χ1) is 11.5. The first-order valence-electron chi connectivity index (χ1n) is 7.90. The topological polar surface area (TPSA) is 94.5 Å². The van der Waals surface area contributed by atoms with Gasteiger partial charge < -0.3 is 4.52 Å². The van der Waals surface area contributed by atoms with E-state index in [1.54, 1.807) is 0 Å². The Balaban J connectivity index is 1.53. The number of hydrogen-bond donors (Lipinski definition) is 1.